The van der Waals surface area contributed by atoms with Crippen LogP contribution in [0.1, 0.15) is 10.4 Å². The Morgan fingerprint density at radius 3 is 2.48 bits per heavy atom. The summed E-state index contributed by atoms with van der Waals surface area (Å²) in [5.41, 5.74) is 4.27. The van der Waals surface area contributed by atoms with Gasteiger partial charge >= 0.3 is 0 Å². The molecular formula is C20H14N2O2S. The molecule has 4 nitrogen and oxygen atoms in total. The maximum atomic E-state index is 12.2. The molecule has 0 bridgehead atoms. The summed E-state index contributed by atoms with van der Waals surface area (Å²) in [5.74, 6) is -0.121. The minimum atomic E-state index is -0.121. The fourth-order valence-corrected chi connectivity index (χ4v) is 3.26. The van der Waals surface area contributed by atoms with Gasteiger partial charge in [-0.2, -0.15) is 0 Å². The highest BCUT2D eigenvalue weighted by Crippen LogP contribution is 2.29. The molecule has 5 heteroatoms. The lowest BCUT2D eigenvalue weighted by Crippen LogP contribution is -2.11. The first-order valence-corrected chi connectivity index (χ1v) is 8.62. The van der Waals surface area contributed by atoms with Crippen molar-refractivity contribution in [3.8, 4) is 21.8 Å². The van der Waals surface area contributed by atoms with Crippen molar-refractivity contribution in [3.63, 3.8) is 0 Å². The van der Waals surface area contributed by atoms with Crippen LogP contribution >= 0.6 is 11.3 Å². The monoisotopic (exact) mass is 346 g/mol. The SMILES string of the molecule is O=C(Nc1ccc(-c2csc(-c3ccoc3)n2)cc1)c1ccccc1. The number of hydrogen-bond donors (Lipinski definition) is 1. The van der Waals surface area contributed by atoms with Crippen molar-refractivity contribution in [1.29, 1.82) is 0 Å². The first-order chi connectivity index (χ1) is 12.3. The zero-order chi connectivity index (χ0) is 17.1. The molecule has 0 fully saturated rings. The maximum absolute atomic E-state index is 12.2. The quantitative estimate of drug-likeness (QED) is 0.544. The van der Waals surface area contributed by atoms with Crippen molar-refractivity contribution in [2.75, 3.05) is 5.32 Å². The van der Waals surface area contributed by atoms with Crippen LogP contribution in [0.25, 0.3) is 21.8 Å². The van der Waals surface area contributed by atoms with Crippen LogP contribution in [-0.4, -0.2) is 10.9 Å². The molecule has 0 aliphatic carbocycles. The average molecular weight is 346 g/mol. The average Bonchev–Trinajstić information content (AvgIpc) is 3.35. The zero-order valence-corrected chi connectivity index (χ0v) is 14.0. The standard InChI is InChI=1S/C20H14N2O2S/c23-19(15-4-2-1-3-5-15)21-17-8-6-14(7-9-17)18-13-25-20(22-18)16-10-11-24-12-16/h1-13H,(H,21,23). The Hall–Kier alpha value is -3.18. The molecule has 0 unspecified atom stereocenters. The van der Waals surface area contributed by atoms with Gasteiger partial charge in [0.05, 0.1) is 12.0 Å². The predicted octanol–water partition coefficient (Wildman–Crippen LogP) is 5.32. The molecule has 4 rings (SSSR count). The van der Waals surface area contributed by atoms with Gasteiger partial charge in [-0.3, -0.25) is 4.79 Å². The van der Waals surface area contributed by atoms with Crippen molar-refractivity contribution in [2.45, 2.75) is 0 Å². The first kappa shape index (κ1) is 15.4. The molecule has 0 spiro atoms. The van der Waals surface area contributed by atoms with E-state index in [1.54, 1.807) is 36.0 Å². The second-order valence-corrected chi connectivity index (χ2v) is 6.31. The van der Waals surface area contributed by atoms with Gasteiger partial charge in [-0.05, 0) is 30.3 Å². The van der Waals surface area contributed by atoms with Crippen LogP contribution in [-0.2, 0) is 0 Å². The number of carbonyl (C=O) groups excluding carboxylic acids is 1. The number of nitrogens with one attached hydrogen (secondary N) is 1. The number of carbonyl (C=O) groups is 1. The first-order valence-electron chi connectivity index (χ1n) is 7.74. The topological polar surface area (TPSA) is 55.1 Å². The van der Waals surface area contributed by atoms with E-state index in [2.05, 4.69) is 10.3 Å². The largest absolute Gasteiger partial charge is 0.472 e. The molecule has 0 radical (unpaired) electrons. The van der Waals surface area contributed by atoms with Crippen molar-refractivity contribution in [2.24, 2.45) is 0 Å². The Kier molecular flexibility index (Phi) is 4.14. The molecule has 2 aromatic heterocycles. The minimum absolute atomic E-state index is 0.121. The predicted molar refractivity (Wildman–Crippen MR) is 99.6 cm³/mol. The Bertz CT molecular complexity index is 974. The second kappa shape index (κ2) is 6.75. The van der Waals surface area contributed by atoms with Crippen molar-refractivity contribution in [3.05, 3.63) is 84.1 Å². The smallest absolute Gasteiger partial charge is 0.255 e. The fourth-order valence-electron chi connectivity index (χ4n) is 2.44. The van der Waals surface area contributed by atoms with Gasteiger partial charge in [-0.25, -0.2) is 4.98 Å². The lowest BCUT2D eigenvalue weighted by atomic mass is 10.1. The zero-order valence-electron chi connectivity index (χ0n) is 13.2. The molecule has 0 aliphatic heterocycles. The molecule has 2 heterocycles. The summed E-state index contributed by atoms with van der Waals surface area (Å²) in [5, 5.41) is 5.83. The van der Waals surface area contributed by atoms with Gasteiger partial charge in [0.25, 0.3) is 5.91 Å². The van der Waals surface area contributed by atoms with Crippen LogP contribution in [0.2, 0.25) is 0 Å². The highest BCUT2D eigenvalue weighted by atomic mass is 32.1. The molecule has 122 valence electrons. The summed E-state index contributed by atoms with van der Waals surface area (Å²) in [6, 6.07) is 18.7. The highest BCUT2D eigenvalue weighted by Gasteiger charge is 2.09. The van der Waals surface area contributed by atoms with E-state index in [1.807, 2.05) is 53.9 Å². The summed E-state index contributed by atoms with van der Waals surface area (Å²) in [7, 11) is 0. The molecule has 25 heavy (non-hydrogen) atoms. The minimum Gasteiger partial charge on any atom is -0.472 e. The molecule has 0 aliphatic rings. The lowest BCUT2D eigenvalue weighted by Gasteiger charge is -2.06. The summed E-state index contributed by atoms with van der Waals surface area (Å²) in [6.45, 7) is 0. The normalized spacial score (nSPS) is 10.6. The van der Waals surface area contributed by atoms with Crippen LogP contribution < -0.4 is 5.32 Å². The van der Waals surface area contributed by atoms with E-state index in [-0.39, 0.29) is 5.91 Å². The molecule has 4 aromatic rings. The van der Waals surface area contributed by atoms with Crippen LogP contribution in [0.5, 0.6) is 0 Å². The van der Waals surface area contributed by atoms with Gasteiger partial charge in [0.15, 0.2) is 0 Å². The Labute approximate surface area is 148 Å². The molecule has 0 atom stereocenters. The summed E-state index contributed by atoms with van der Waals surface area (Å²) in [6.07, 6.45) is 3.32. The number of aromatic nitrogens is 1. The summed E-state index contributed by atoms with van der Waals surface area (Å²) < 4.78 is 5.10. The maximum Gasteiger partial charge on any atom is 0.255 e. The second-order valence-electron chi connectivity index (χ2n) is 5.45. The Morgan fingerprint density at radius 2 is 1.76 bits per heavy atom. The van der Waals surface area contributed by atoms with E-state index in [1.165, 1.54) is 0 Å². The third-order valence-corrected chi connectivity index (χ3v) is 4.64. The number of amides is 1. The van der Waals surface area contributed by atoms with E-state index >= 15 is 0 Å². The van der Waals surface area contributed by atoms with E-state index in [0.29, 0.717) is 5.56 Å². The molecule has 2 aromatic carbocycles. The number of rotatable bonds is 4. The Morgan fingerprint density at radius 1 is 0.960 bits per heavy atom. The fraction of sp³-hybridized carbons (Fsp3) is 0. The van der Waals surface area contributed by atoms with Crippen LogP contribution in [0.15, 0.2) is 83.0 Å². The van der Waals surface area contributed by atoms with Crippen molar-refractivity contribution < 1.29 is 9.21 Å². The number of anilines is 1. The molecule has 0 saturated carbocycles. The number of nitrogens with zero attached hydrogens (tertiary/aromatic N) is 1. The van der Waals surface area contributed by atoms with Crippen LogP contribution in [0.4, 0.5) is 5.69 Å². The molecular weight excluding hydrogens is 332 g/mol. The Balaban J connectivity index is 1.50. The number of thiazole rings is 1. The molecule has 0 saturated heterocycles. The summed E-state index contributed by atoms with van der Waals surface area (Å²) in [4.78, 5) is 16.8. The van der Waals surface area contributed by atoms with Crippen LogP contribution in [0.3, 0.4) is 0 Å². The highest BCUT2D eigenvalue weighted by molar-refractivity contribution is 7.13. The molecule has 1 N–H and O–H groups in total. The van der Waals surface area contributed by atoms with Gasteiger partial charge in [0, 0.05) is 27.8 Å². The van der Waals surface area contributed by atoms with Crippen molar-refractivity contribution >= 4 is 22.9 Å². The third-order valence-electron chi connectivity index (χ3n) is 3.75. The van der Waals surface area contributed by atoms with Gasteiger partial charge in [-0.15, -0.1) is 11.3 Å². The van der Waals surface area contributed by atoms with E-state index in [0.717, 1.165) is 27.5 Å². The van der Waals surface area contributed by atoms with E-state index < -0.39 is 0 Å². The number of hydrogen-bond acceptors (Lipinski definition) is 4. The van der Waals surface area contributed by atoms with E-state index in [9.17, 15) is 4.79 Å². The van der Waals surface area contributed by atoms with Crippen molar-refractivity contribution in [1.82, 2.24) is 4.98 Å². The lowest BCUT2D eigenvalue weighted by molar-refractivity contribution is 0.102. The van der Waals surface area contributed by atoms with Gasteiger partial charge in [0.1, 0.15) is 11.3 Å². The number of furan rings is 1. The van der Waals surface area contributed by atoms with Gasteiger partial charge < -0.3 is 9.73 Å². The number of benzene rings is 2. The van der Waals surface area contributed by atoms with E-state index in [4.69, 9.17) is 4.42 Å². The van der Waals surface area contributed by atoms with Crippen LogP contribution in [0, 0.1) is 0 Å². The molecule has 1 amide bonds. The van der Waals surface area contributed by atoms with Gasteiger partial charge in [0.2, 0.25) is 0 Å². The van der Waals surface area contributed by atoms with Gasteiger partial charge in [-0.1, -0.05) is 30.3 Å². The third kappa shape index (κ3) is 3.36. The summed E-state index contributed by atoms with van der Waals surface area (Å²) >= 11 is 1.57.